The van der Waals surface area contributed by atoms with Gasteiger partial charge in [-0.05, 0) is 35.9 Å². The van der Waals surface area contributed by atoms with Gasteiger partial charge in [0.05, 0.1) is 22.4 Å². The number of rotatable bonds is 2. The number of para-hydroxylation sites is 1. The van der Waals surface area contributed by atoms with Gasteiger partial charge in [0.1, 0.15) is 11.9 Å². The van der Waals surface area contributed by atoms with E-state index in [9.17, 15) is 4.79 Å². The maximum atomic E-state index is 13.4. The summed E-state index contributed by atoms with van der Waals surface area (Å²) in [5.74, 6) is 0.784. The highest BCUT2D eigenvalue weighted by Gasteiger charge is 2.38. The molecule has 0 aliphatic carbocycles. The molecule has 4 aromatic heterocycles. The van der Waals surface area contributed by atoms with E-state index >= 15 is 0 Å². The van der Waals surface area contributed by atoms with Crippen LogP contribution in [-0.4, -0.2) is 24.6 Å². The first-order chi connectivity index (χ1) is 17.2. The molecular formula is C26H14BrN5O3. The zero-order chi connectivity index (χ0) is 23.5. The average Bonchev–Trinajstić information content (AvgIpc) is 3.33. The van der Waals surface area contributed by atoms with Gasteiger partial charge in [-0.3, -0.25) is 4.98 Å². The second kappa shape index (κ2) is 7.57. The van der Waals surface area contributed by atoms with Crippen LogP contribution in [0.3, 0.4) is 0 Å². The number of halogens is 1. The van der Waals surface area contributed by atoms with Crippen molar-refractivity contribution < 1.29 is 9.15 Å². The summed E-state index contributed by atoms with van der Waals surface area (Å²) in [6.07, 6.45) is 4.95. The van der Waals surface area contributed by atoms with E-state index in [2.05, 4.69) is 31.0 Å². The Kier molecular flexibility index (Phi) is 4.34. The van der Waals surface area contributed by atoms with E-state index in [1.807, 2.05) is 54.6 Å². The summed E-state index contributed by atoms with van der Waals surface area (Å²) >= 11 is 3.67. The standard InChI is InChI=1S/C26H14BrN5O3/c27-17-7-3-1-5-15(17)19-20-22(16-6-2-4-8-18(16)34-26(20)33)35-25-21(19)24-30-23(31-32(24)13-29-25)14-9-11-28-12-10-14/h1-13,19H. The van der Waals surface area contributed by atoms with Crippen molar-refractivity contribution in [1.29, 1.82) is 0 Å². The number of nitrogens with zero attached hydrogens (tertiary/aromatic N) is 5. The molecule has 0 N–H and O–H groups in total. The molecule has 1 unspecified atom stereocenters. The fraction of sp³-hybridized carbons (Fsp3) is 0.0385. The second-order valence-electron chi connectivity index (χ2n) is 8.09. The predicted molar refractivity (Wildman–Crippen MR) is 132 cm³/mol. The van der Waals surface area contributed by atoms with Gasteiger partial charge in [-0.2, -0.15) is 0 Å². The molecular weight excluding hydrogens is 510 g/mol. The molecule has 7 rings (SSSR count). The Morgan fingerprint density at radius 3 is 2.60 bits per heavy atom. The van der Waals surface area contributed by atoms with Crippen molar-refractivity contribution in [3.63, 3.8) is 0 Å². The molecule has 168 valence electrons. The summed E-state index contributed by atoms with van der Waals surface area (Å²) < 4.78 is 14.5. The minimum Gasteiger partial charge on any atom is -0.437 e. The van der Waals surface area contributed by atoms with Crippen LogP contribution in [0.4, 0.5) is 0 Å². The molecule has 8 nitrogen and oxygen atoms in total. The lowest BCUT2D eigenvalue weighted by molar-refractivity contribution is 0.422. The van der Waals surface area contributed by atoms with E-state index in [1.165, 1.54) is 0 Å². The zero-order valence-corrected chi connectivity index (χ0v) is 19.5. The van der Waals surface area contributed by atoms with Crippen molar-refractivity contribution in [2.24, 2.45) is 0 Å². The SMILES string of the molecule is O=c1oc2ccccc2c2c1C(c1ccccc1Br)c1c(ncn3nc(-c4ccncc4)nc13)O2. The Morgan fingerprint density at radius 1 is 0.943 bits per heavy atom. The predicted octanol–water partition coefficient (Wildman–Crippen LogP) is 5.34. The van der Waals surface area contributed by atoms with Gasteiger partial charge in [0.25, 0.3) is 0 Å². The van der Waals surface area contributed by atoms with Gasteiger partial charge in [0.15, 0.2) is 17.2 Å². The Labute approximate surface area is 206 Å². The van der Waals surface area contributed by atoms with Crippen LogP contribution in [-0.2, 0) is 0 Å². The largest absolute Gasteiger partial charge is 0.437 e. The normalized spacial score (nSPS) is 14.5. The first kappa shape index (κ1) is 20.0. The van der Waals surface area contributed by atoms with Gasteiger partial charge in [-0.25, -0.2) is 19.3 Å². The highest BCUT2D eigenvalue weighted by atomic mass is 79.9. The molecule has 35 heavy (non-hydrogen) atoms. The number of hydrogen-bond donors (Lipinski definition) is 0. The Morgan fingerprint density at radius 2 is 1.74 bits per heavy atom. The van der Waals surface area contributed by atoms with Crippen molar-refractivity contribution in [2.45, 2.75) is 5.92 Å². The first-order valence-electron chi connectivity index (χ1n) is 10.8. The number of pyridine rings is 1. The van der Waals surface area contributed by atoms with Crippen molar-refractivity contribution in [3.8, 4) is 23.0 Å². The Hall–Kier alpha value is -4.37. The van der Waals surface area contributed by atoms with E-state index < -0.39 is 11.5 Å². The number of fused-ring (bicyclic) bond motifs is 6. The Balaban J connectivity index is 1.58. The monoisotopic (exact) mass is 523 g/mol. The average molecular weight is 524 g/mol. The molecule has 0 saturated carbocycles. The minimum absolute atomic E-state index is 0.371. The van der Waals surface area contributed by atoms with Crippen molar-refractivity contribution in [2.75, 3.05) is 0 Å². The van der Waals surface area contributed by atoms with E-state index in [0.29, 0.717) is 45.2 Å². The van der Waals surface area contributed by atoms with Crippen LogP contribution < -0.4 is 10.4 Å². The number of aromatic nitrogens is 5. The molecule has 0 saturated heterocycles. The van der Waals surface area contributed by atoms with Crippen LogP contribution in [0, 0.1) is 0 Å². The maximum Gasteiger partial charge on any atom is 0.344 e. The lowest BCUT2D eigenvalue weighted by Gasteiger charge is -2.27. The van der Waals surface area contributed by atoms with Gasteiger partial charge in [0.2, 0.25) is 5.88 Å². The van der Waals surface area contributed by atoms with Gasteiger partial charge >= 0.3 is 5.63 Å². The third-order valence-electron chi connectivity index (χ3n) is 6.12. The smallest absolute Gasteiger partial charge is 0.344 e. The highest BCUT2D eigenvalue weighted by molar-refractivity contribution is 9.10. The molecule has 0 radical (unpaired) electrons. The number of benzene rings is 2. The summed E-state index contributed by atoms with van der Waals surface area (Å²) in [5.41, 5.74) is 3.24. The van der Waals surface area contributed by atoms with Crippen LogP contribution in [0.2, 0.25) is 0 Å². The summed E-state index contributed by atoms with van der Waals surface area (Å²) in [5, 5.41) is 5.32. The molecule has 9 heteroatoms. The lowest BCUT2D eigenvalue weighted by Crippen LogP contribution is -2.22. The highest BCUT2D eigenvalue weighted by Crippen LogP contribution is 2.50. The molecule has 1 aliphatic rings. The second-order valence-corrected chi connectivity index (χ2v) is 8.94. The van der Waals surface area contributed by atoms with E-state index in [0.717, 1.165) is 15.6 Å². The van der Waals surface area contributed by atoms with E-state index in [4.69, 9.17) is 14.1 Å². The van der Waals surface area contributed by atoms with Crippen molar-refractivity contribution in [3.05, 3.63) is 111 Å². The zero-order valence-electron chi connectivity index (χ0n) is 17.9. The molecule has 0 fully saturated rings. The van der Waals surface area contributed by atoms with Crippen LogP contribution in [0.5, 0.6) is 11.6 Å². The van der Waals surface area contributed by atoms with Gasteiger partial charge in [0, 0.05) is 22.4 Å². The molecule has 0 spiro atoms. The summed E-state index contributed by atoms with van der Waals surface area (Å²) in [7, 11) is 0. The summed E-state index contributed by atoms with van der Waals surface area (Å²) in [4.78, 5) is 26.9. The molecule has 2 aromatic carbocycles. The quantitative estimate of drug-likeness (QED) is 0.282. The third-order valence-corrected chi connectivity index (χ3v) is 6.84. The first-order valence-corrected chi connectivity index (χ1v) is 11.6. The fourth-order valence-electron chi connectivity index (χ4n) is 4.57. The maximum absolute atomic E-state index is 13.4. The van der Waals surface area contributed by atoms with Crippen LogP contribution in [0.15, 0.2) is 93.1 Å². The van der Waals surface area contributed by atoms with Crippen molar-refractivity contribution >= 4 is 32.5 Å². The van der Waals surface area contributed by atoms with Crippen LogP contribution in [0.25, 0.3) is 28.0 Å². The van der Waals surface area contributed by atoms with Crippen molar-refractivity contribution in [1.82, 2.24) is 24.6 Å². The molecule has 0 amide bonds. The molecule has 0 bridgehead atoms. The van der Waals surface area contributed by atoms with Gasteiger partial charge < -0.3 is 9.15 Å². The van der Waals surface area contributed by atoms with E-state index in [1.54, 1.807) is 29.3 Å². The summed E-state index contributed by atoms with van der Waals surface area (Å²) in [6, 6.07) is 18.8. The third kappa shape index (κ3) is 3.01. The lowest BCUT2D eigenvalue weighted by atomic mass is 9.84. The van der Waals surface area contributed by atoms with Crippen LogP contribution >= 0.6 is 15.9 Å². The minimum atomic E-state index is -0.545. The summed E-state index contributed by atoms with van der Waals surface area (Å²) in [6.45, 7) is 0. The fourth-order valence-corrected chi connectivity index (χ4v) is 5.09. The number of ether oxygens (including phenoxy) is 1. The van der Waals surface area contributed by atoms with E-state index in [-0.39, 0.29) is 0 Å². The Bertz CT molecular complexity index is 1830. The van der Waals surface area contributed by atoms with Gasteiger partial charge in [-0.1, -0.05) is 46.3 Å². The topological polar surface area (TPSA) is 95.4 Å². The van der Waals surface area contributed by atoms with Gasteiger partial charge in [-0.15, -0.1) is 5.10 Å². The van der Waals surface area contributed by atoms with Crippen LogP contribution in [0.1, 0.15) is 22.6 Å². The number of hydrogen-bond acceptors (Lipinski definition) is 7. The molecule has 6 aromatic rings. The molecule has 1 aliphatic heterocycles. The molecule has 1 atom stereocenters. The molecule has 5 heterocycles.